The number of guanidine groups is 1. The molecule has 1 saturated carbocycles. The Balaban J connectivity index is 1.42. The molecule has 2 aliphatic rings. The Kier molecular flexibility index (Phi) is 6.12. The summed E-state index contributed by atoms with van der Waals surface area (Å²) in [6.07, 6.45) is 7.14. The van der Waals surface area contributed by atoms with Gasteiger partial charge in [0, 0.05) is 52.4 Å². The minimum Gasteiger partial charge on any atom is -0.364 e. The summed E-state index contributed by atoms with van der Waals surface area (Å²) in [7, 11) is 1.90. The minimum absolute atomic E-state index is 0.805. The molecule has 0 aromatic carbocycles. The average Bonchev–Trinajstić information content (AvgIpc) is 3.10. The van der Waals surface area contributed by atoms with Crippen LogP contribution in [0.3, 0.4) is 0 Å². The summed E-state index contributed by atoms with van der Waals surface area (Å²) in [5, 5.41) is 7.62. The molecular formula is C18H31N5O. The molecule has 24 heavy (non-hydrogen) atoms. The van der Waals surface area contributed by atoms with Gasteiger partial charge in [-0.1, -0.05) is 24.9 Å². The standard InChI is InChI=1S/C18H31N5O/c1-15-4-3-5-16(12-15)13-20-18(19-2)23-9-7-22(8-10-23)14-17-6-11-24-21-17/h6,11,15-16H,3-5,7-10,12-14H2,1-2H3,(H,19,20). The molecule has 1 saturated heterocycles. The maximum absolute atomic E-state index is 4.91. The fourth-order valence-corrected chi connectivity index (χ4v) is 3.98. The van der Waals surface area contributed by atoms with Crippen LogP contribution in [0, 0.1) is 11.8 Å². The number of hydrogen-bond donors (Lipinski definition) is 1. The number of rotatable bonds is 4. The van der Waals surface area contributed by atoms with Crippen molar-refractivity contribution < 1.29 is 4.52 Å². The van der Waals surface area contributed by atoms with Crippen LogP contribution in [0.5, 0.6) is 0 Å². The summed E-state index contributed by atoms with van der Waals surface area (Å²) in [6.45, 7) is 8.42. The number of aromatic nitrogens is 1. The van der Waals surface area contributed by atoms with Crippen LogP contribution in [0.15, 0.2) is 21.8 Å². The van der Waals surface area contributed by atoms with Gasteiger partial charge in [0.05, 0.1) is 5.69 Å². The number of hydrogen-bond acceptors (Lipinski definition) is 4. The number of aliphatic imine (C=N–C) groups is 1. The van der Waals surface area contributed by atoms with E-state index in [9.17, 15) is 0 Å². The topological polar surface area (TPSA) is 56.9 Å². The van der Waals surface area contributed by atoms with Crippen molar-refractivity contribution in [2.75, 3.05) is 39.8 Å². The largest absolute Gasteiger partial charge is 0.364 e. The van der Waals surface area contributed by atoms with Crippen molar-refractivity contribution in [3.05, 3.63) is 18.0 Å². The summed E-state index contributed by atoms with van der Waals surface area (Å²) in [6, 6.07) is 1.94. The van der Waals surface area contributed by atoms with Gasteiger partial charge in [-0.25, -0.2) is 0 Å². The van der Waals surface area contributed by atoms with Crippen molar-refractivity contribution in [1.82, 2.24) is 20.3 Å². The Morgan fingerprint density at radius 3 is 2.83 bits per heavy atom. The van der Waals surface area contributed by atoms with Gasteiger partial charge in [0.15, 0.2) is 5.96 Å². The summed E-state index contributed by atoms with van der Waals surface area (Å²) in [5.74, 6) is 2.75. The van der Waals surface area contributed by atoms with Crippen LogP contribution >= 0.6 is 0 Å². The predicted octanol–water partition coefficient (Wildman–Crippen LogP) is 2.19. The maximum Gasteiger partial charge on any atom is 0.193 e. The highest BCUT2D eigenvalue weighted by molar-refractivity contribution is 5.80. The zero-order valence-electron chi connectivity index (χ0n) is 15.1. The SMILES string of the molecule is CN=C(NCC1CCCC(C)C1)N1CCN(Cc2ccon2)CC1. The second kappa shape index (κ2) is 8.51. The van der Waals surface area contributed by atoms with Crippen LogP contribution < -0.4 is 5.32 Å². The van der Waals surface area contributed by atoms with Gasteiger partial charge in [0.2, 0.25) is 0 Å². The first-order valence-corrected chi connectivity index (χ1v) is 9.32. The first-order chi connectivity index (χ1) is 11.7. The molecule has 2 fully saturated rings. The Morgan fingerprint density at radius 2 is 2.17 bits per heavy atom. The van der Waals surface area contributed by atoms with E-state index in [1.54, 1.807) is 6.26 Å². The third-order valence-corrected chi connectivity index (χ3v) is 5.35. The van der Waals surface area contributed by atoms with Gasteiger partial charge in [0.1, 0.15) is 6.26 Å². The van der Waals surface area contributed by atoms with Gasteiger partial charge in [-0.05, 0) is 24.7 Å². The lowest BCUT2D eigenvalue weighted by Gasteiger charge is -2.37. The highest BCUT2D eigenvalue weighted by atomic mass is 16.5. The van der Waals surface area contributed by atoms with Crippen molar-refractivity contribution in [2.24, 2.45) is 16.8 Å². The number of nitrogens with zero attached hydrogens (tertiary/aromatic N) is 4. The fraction of sp³-hybridized carbons (Fsp3) is 0.778. The van der Waals surface area contributed by atoms with Gasteiger partial charge in [-0.2, -0.15) is 0 Å². The minimum atomic E-state index is 0.805. The Labute approximate surface area is 145 Å². The average molecular weight is 333 g/mol. The lowest BCUT2D eigenvalue weighted by Crippen LogP contribution is -2.52. The van der Waals surface area contributed by atoms with Gasteiger partial charge >= 0.3 is 0 Å². The number of nitrogens with one attached hydrogen (secondary N) is 1. The lowest BCUT2D eigenvalue weighted by molar-refractivity contribution is 0.168. The van der Waals surface area contributed by atoms with Crippen LogP contribution in [0.1, 0.15) is 38.3 Å². The molecule has 134 valence electrons. The van der Waals surface area contributed by atoms with E-state index in [0.29, 0.717) is 0 Å². The zero-order valence-corrected chi connectivity index (χ0v) is 15.1. The van der Waals surface area contributed by atoms with E-state index in [2.05, 4.69) is 32.2 Å². The first-order valence-electron chi connectivity index (χ1n) is 9.32. The molecule has 0 bridgehead atoms. The normalized spacial score (nSPS) is 26.6. The molecule has 0 amide bonds. The van der Waals surface area contributed by atoms with Crippen molar-refractivity contribution in [3.8, 4) is 0 Å². The molecule has 0 spiro atoms. The molecule has 1 aliphatic heterocycles. The van der Waals surface area contributed by atoms with Crippen LogP contribution in [0.4, 0.5) is 0 Å². The van der Waals surface area contributed by atoms with Crippen LogP contribution in [0.2, 0.25) is 0 Å². The Bertz CT molecular complexity index is 507. The van der Waals surface area contributed by atoms with E-state index in [1.807, 2.05) is 13.1 Å². The Morgan fingerprint density at radius 1 is 1.33 bits per heavy atom. The molecular weight excluding hydrogens is 302 g/mol. The van der Waals surface area contributed by atoms with Gasteiger partial charge in [-0.15, -0.1) is 0 Å². The Hall–Kier alpha value is -1.56. The van der Waals surface area contributed by atoms with Crippen molar-refractivity contribution in [3.63, 3.8) is 0 Å². The van der Waals surface area contributed by atoms with Gasteiger partial charge < -0.3 is 14.7 Å². The first kappa shape index (κ1) is 17.3. The van der Waals surface area contributed by atoms with Crippen molar-refractivity contribution in [1.29, 1.82) is 0 Å². The quantitative estimate of drug-likeness (QED) is 0.676. The third-order valence-electron chi connectivity index (χ3n) is 5.35. The highest BCUT2D eigenvalue weighted by Crippen LogP contribution is 2.27. The summed E-state index contributed by atoms with van der Waals surface area (Å²) in [4.78, 5) is 9.30. The molecule has 2 unspecified atom stereocenters. The second-order valence-corrected chi connectivity index (χ2v) is 7.32. The summed E-state index contributed by atoms with van der Waals surface area (Å²) in [5.41, 5.74) is 1.01. The van der Waals surface area contributed by atoms with E-state index in [1.165, 1.54) is 25.7 Å². The van der Waals surface area contributed by atoms with E-state index in [-0.39, 0.29) is 0 Å². The molecule has 2 atom stereocenters. The molecule has 1 N–H and O–H groups in total. The van der Waals surface area contributed by atoms with E-state index >= 15 is 0 Å². The summed E-state index contributed by atoms with van der Waals surface area (Å²) >= 11 is 0. The van der Waals surface area contributed by atoms with Gasteiger partial charge in [0.25, 0.3) is 0 Å². The lowest BCUT2D eigenvalue weighted by atomic mass is 9.82. The van der Waals surface area contributed by atoms with Crippen molar-refractivity contribution >= 4 is 5.96 Å². The molecule has 3 rings (SSSR count). The van der Waals surface area contributed by atoms with E-state index < -0.39 is 0 Å². The molecule has 1 aromatic heterocycles. The monoisotopic (exact) mass is 333 g/mol. The van der Waals surface area contributed by atoms with Crippen LogP contribution in [-0.4, -0.2) is 60.7 Å². The third kappa shape index (κ3) is 4.72. The zero-order chi connectivity index (χ0) is 16.8. The van der Waals surface area contributed by atoms with Gasteiger partial charge in [-0.3, -0.25) is 9.89 Å². The molecule has 6 heteroatoms. The molecule has 1 aromatic rings. The summed E-state index contributed by atoms with van der Waals surface area (Å²) < 4.78 is 4.91. The van der Waals surface area contributed by atoms with E-state index in [4.69, 9.17) is 4.52 Å². The molecule has 1 aliphatic carbocycles. The molecule has 6 nitrogen and oxygen atoms in total. The number of piperazine rings is 1. The van der Waals surface area contributed by atoms with Crippen LogP contribution in [0.25, 0.3) is 0 Å². The van der Waals surface area contributed by atoms with Crippen LogP contribution in [-0.2, 0) is 6.54 Å². The highest BCUT2D eigenvalue weighted by Gasteiger charge is 2.22. The van der Waals surface area contributed by atoms with Crippen molar-refractivity contribution in [2.45, 2.75) is 39.2 Å². The molecule has 2 heterocycles. The fourth-order valence-electron chi connectivity index (χ4n) is 3.98. The maximum atomic E-state index is 4.91. The van der Waals surface area contributed by atoms with E-state index in [0.717, 1.165) is 62.8 Å². The predicted molar refractivity (Wildman–Crippen MR) is 95.8 cm³/mol. The second-order valence-electron chi connectivity index (χ2n) is 7.32. The smallest absolute Gasteiger partial charge is 0.193 e. The molecule has 0 radical (unpaired) electrons.